The Balaban J connectivity index is 2.33. The lowest BCUT2D eigenvalue weighted by Crippen LogP contribution is -1.98. The average Bonchev–Trinajstić information content (AvgIpc) is 2.65. The van der Waals surface area contributed by atoms with Gasteiger partial charge in [-0.2, -0.15) is 0 Å². The van der Waals surface area contributed by atoms with Crippen LogP contribution in [-0.2, 0) is 11.2 Å². The summed E-state index contributed by atoms with van der Waals surface area (Å²) in [6.45, 7) is 5.72. The summed E-state index contributed by atoms with van der Waals surface area (Å²) in [4.78, 5) is 18.4. The van der Waals surface area contributed by atoms with Gasteiger partial charge in [0.05, 0.1) is 18.3 Å². The fourth-order valence-corrected chi connectivity index (χ4v) is 1.94. The van der Waals surface area contributed by atoms with Crippen LogP contribution in [0.5, 0.6) is 0 Å². The summed E-state index contributed by atoms with van der Waals surface area (Å²) in [5.41, 5.74) is 4.56. The molecule has 0 amide bonds. The van der Waals surface area contributed by atoms with Gasteiger partial charge in [0.2, 0.25) is 0 Å². The van der Waals surface area contributed by atoms with E-state index in [2.05, 4.69) is 42.0 Å². The predicted molar refractivity (Wildman–Crippen MR) is 67.9 cm³/mol. The largest absolute Gasteiger partial charge is 0.342 e. The van der Waals surface area contributed by atoms with Gasteiger partial charge in [-0.15, -0.1) is 0 Å². The van der Waals surface area contributed by atoms with E-state index in [-0.39, 0.29) is 5.78 Å². The number of Topliss-reactive ketones (excluding diaryl/α,β-unsaturated/α-hetero) is 1. The number of aromatic amines is 1. The molecule has 2 aromatic rings. The van der Waals surface area contributed by atoms with E-state index in [9.17, 15) is 4.79 Å². The van der Waals surface area contributed by atoms with Crippen LogP contribution in [0.15, 0.2) is 24.4 Å². The highest BCUT2D eigenvalue weighted by atomic mass is 16.1. The van der Waals surface area contributed by atoms with Crippen LogP contribution in [0.3, 0.4) is 0 Å². The van der Waals surface area contributed by atoms with E-state index in [0.717, 1.165) is 17.1 Å². The third-order valence-electron chi connectivity index (χ3n) is 2.72. The van der Waals surface area contributed by atoms with Gasteiger partial charge >= 0.3 is 0 Å². The quantitative estimate of drug-likeness (QED) is 0.878. The van der Waals surface area contributed by atoms with Gasteiger partial charge in [0.1, 0.15) is 11.6 Å². The molecule has 0 aliphatic carbocycles. The number of aromatic nitrogens is 2. The summed E-state index contributed by atoms with van der Waals surface area (Å²) in [5.74, 6) is 0.846. The summed E-state index contributed by atoms with van der Waals surface area (Å²) >= 11 is 0. The minimum Gasteiger partial charge on any atom is -0.342 e. The van der Waals surface area contributed by atoms with Gasteiger partial charge in [-0.05, 0) is 26.3 Å². The third kappa shape index (κ3) is 2.61. The van der Waals surface area contributed by atoms with Crippen molar-refractivity contribution in [1.82, 2.24) is 9.97 Å². The highest BCUT2D eigenvalue weighted by Gasteiger charge is 2.07. The molecule has 1 N–H and O–H groups in total. The zero-order valence-corrected chi connectivity index (χ0v) is 10.4. The van der Waals surface area contributed by atoms with Gasteiger partial charge in [0.15, 0.2) is 0 Å². The van der Waals surface area contributed by atoms with Gasteiger partial charge in [0.25, 0.3) is 0 Å². The van der Waals surface area contributed by atoms with Crippen LogP contribution in [-0.4, -0.2) is 15.8 Å². The first-order valence-corrected chi connectivity index (χ1v) is 5.67. The fourth-order valence-electron chi connectivity index (χ4n) is 1.94. The Morgan fingerprint density at radius 3 is 2.76 bits per heavy atom. The summed E-state index contributed by atoms with van der Waals surface area (Å²) in [6.07, 6.45) is 2.15. The maximum atomic E-state index is 11.0. The molecule has 0 saturated heterocycles. The molecule has 1 aromatic carbocycles. The van der Waals surface area contributed by atoms with Crippen LogP contribution in [0.2, 0.25) is 0 Å². The Morgan fingerprint density at radius 2 is 2.12 bits per heavy atom. The van der Waals surface area contributed by atoms with Gasteiger partial charge < -0.3 is 4.98 Å². The Labute approximate surface area is 101 Å². The molecule has 0 aliphatic rings. The molecule has 1 aromatic heterocycles. The van der Waals surface area contributed by atoms with Crippen LogP contribution in [0, 0.1) is 13.8 Å². The number of H-pyrrole nitrogens is 1. The van der Waals surface area contributed by atoms with Crippen LogP contribution in [0.1, 0.15) is 23.9 Å². The number of hydrogen-bond donors (Lipinski definition) is 1. The molecule has 88 valence electrons. The summed E-state index contributed by atoms with van der Waals surface area (Å²) in [5, 5.41) is 0. The zero-order chi connectivity index (χ0) is 12.4. The van der Waals surface area contributed by atoms with Crippen molar-refractivity contribution in [2.75, 3.05) is 0 Å². The summed E-state index contributed by atoms with van der Waals surface area (Å²) in [7, 11) is 0. The first kappa shape index (κ1) is 11.6. The van der Waals surface area contributed by atoms with Gasteiger partial charge in [0, 0.05) is 5.56 Å². The van der Waals surface area contributed by atoms with Gasteiger partial charge in [-0.3, -0.25) is 4.79 Å². The molecule has 0 radical (unpaired) electrons. The van der Waals surface area contributed by atoms with E-state index < -0.39 is 0 Å². The number of imidazole rings is 1. The molecule has 3 heteroatoms. The van der Waals surface area contributed by atoms with Crippen molar-refractivity contribution in [2.45, 2.75) is 27.2 Å². The number of nitrogens with one attached hydrogen (secondary N) is 1. The van der Waals surface area contributed by atoms with Crippen molar-refractivity contribution in [2.24, 2.45) is 0 Å². The van der Waals surface area contributed by atoms with Gasteiger partial charge in [-0.1, -0.05) is 23.8 Å². The Morgan fingerprint density at radius 1 is 1.35 bits per heavy atom. The summed E-state index contributed by atoms with van der Waals surface area (Å²) < 4.78 is 0. The standard InChI is InChI=1S/C14H16N2O/c1-9-4-5-12(10(2)6-9)13-8-15-14(16-13)7-11(3)17/h4-6,8H,7H2,1-3H3,(H,15,16). The van der Waals surface area contributed by atoms with Gasteiger partial charge in [-0.25, -0.2) is 4.98 Å². The minimum absolute atomic E-state index is 0.117. The molecule has 0 aliphatic heterocycles. The topological polar surface area (TPSA) is 45.8 Å². The lowest BCUT2D eigenvalue weighted by atomic mass is 10.0. The lowest BCUT2D eigenvalue weighted by molar-refractivity contribution is -0.116. The van der Waals surface area contributed by atoms with Crippen molar-refractivity contribution in [3.8, 4) is 11.3 Å². The van der Waals surface area contributed by atoms with Crippen LogP contribution >= 0.6 is 0 Å². The first-order chi connectivity index (χ1) is 8.06. The molecule has 0 unspecified atom stereocenters. The number of nitrogens with zero attached hydrogens (tertiary/aromatic N) is 1. The maximum absolute atomic E-state index is 11.0. The predicted octanol–water partition coefficient (Wildman–Crippen LogP) is 2.83. The SMILES string of the molecule is CC(=O)Cc1ncc(-c2ccc(C)cc2C)[nH]1. The second-order valence-electron chi connectivity index (χ2n) is 4.44. The van der Waals surface area contributed by atoms with Crippen molar-refractivity contribution < 1.29 is 4.79 Å². The highest BCUT2D eigenvalue weighted by Crippen LogP contribution is 2.22. The normalized spacial score (nSPS) is 10.5. The number of hydrogen-bond acceptors (Lipinski definition) is 2. The molecule has 2 rings (SSSR count). The molecule has 0 bridgehead atoms. The molecule has 0 fully saturated rings. The Kier molecular flexibility index (Phi) is 3.09. The van der Waals surface area contributed by atoms with Crippen LogP contribution < -0.4 is 0 Å². The molecular formula is C14H16N2O. The molecule has 0 atom stereocenters. The number of carbonyl (C=O) groups is 1. The molecule has 0 saturated carbocycles. The van der Waals surface area contributed by atoms with Crippen molar-refractivity contribution in [3.63, 3.8) is 0 Å². The fraction of sp³-hybridized carbons (Fsp3) is 0.286. The number of rotatable bonds is 3. The Bertz CT molecular complexity index is 555. The Hall–Kier alpha value is -1.90. The van der Waals surface area contributed by atoms with E-state index in [0.29, 0.717) is 6.42 Å². The van der Waals surface area contributed by atoms with E-state index in [1.807, 2.05) is 0 Å². The second-order valence-corrected chi connectivity index (χ2v) is 4.44. The monoisotopic (exact) mass is 228 g/mol. The third-order valence-corrected chi connectivity index (χ3v) is 2.72. The molecule has 0 spiro atoms. The number of benzene rings is 1. The molecule has 1 heterocycles. The number of carbonyl (C=O) groups excluding carboxylic acids is 1. The zero-order valence-electron chi connectivity index (χ0n) is 10.4. The second kappa shape index (κ2) is 4.53. The minimum atomic E-state index is 0.117. The number of aryl methyl sites for hydroxylation is 2. The first-order valence-electron chi connectivity index (χ1n) is 5.67. The van der Waals surface area contributed by atoms with Crippen molar-refractivity contribution >= 4 is 5.78 Å². The van der Waals surface area contributed by atoms with Crippen molar-refractivity contribution in [3.05, 3.63) is 41.3 Å². The van der Waals surface area contributed by atoms with Crippen LogP contribution in [0.25, 0.3) is 11.3 Å². The van der Waals surface area contributed by atoms with E-state index in [1.165, 1.54) is 11.1 Å². The van der Waals surface area contributed by atoms with E-state index in [1.54, 1.807) is 13.1 Å². The molecule has 3 nitrogen and oxygen atoms in total. The van der Waals surface area contributed by atoms with Crippen molar-refractivity contribution in [1.29, 1.82) is 0 Å². The van der Waals surface area contributed by atoms with E-state index in [4.69, 9.17) is 0 Å². The molecule has 17 heavy (non-hydrogen) atoms. The van der Waals surface area contributed by atoms with E-state index >= 15 is 0 Å². The van der Waals surface area contributed by atoms with Crippen LogP contribution in [0.4, 0.5) is 0 Å². The highest BCUT2D eigenvalue weighted by molar-refractivity contribution is 5.77. The lowest BCUT2D eigenvalue weighted by Gasteiger charge is -2.04. The smallest absolute Gasteiger partial charge is 0.137 e. The average molecular weight is 228 g/mol. The molecular weight excluding hydrogens is 212 g/mol. The maximum Gasteiger partial charge on any atom is 0.137 e. The summed E-state index contributed by atoms with van der Waals surface area (Å²) in [6, 6.07) is 6.30. The number of ketones is 1.